The zero-order chi connectivity index (χ0) is 12.7. The Morgan fingerprint density at radius 2 is 2.00 bits per heavy atom. The summed E-state index contributed by atoms with van der Waals surface area (Å²) in [6, 6.07) is 0.548. The molecular formula is C13H19ClN4. The fraction of sp³-hybridized carbons (Fsp3) is 0.692. The number of aryl methyl sites for hydroxylation is 2. The molecule has 1 aliphatic carbocycles. The van der Waals surface area contributed by atoms with E-state index >= 15 is 0 Å². The van der Waals surface area contributed by atoms with E-state index in [1.54, 1.807) is 0 Å². The topological polar surface area (TPSA) is 35.6 Å². The first-order valence-electron chi connectivity index (χ1n) is 6.68. The summed E-state index contributed by atoms with van der Waals surface area (Å²) < 4.78 is 4.28. The van der Waals surface area contributed by atoms with Crippen molar-refractivity contribution in [3.8, 4) is 0 Å². The fourth-order valence-corrected chi connectivity index (χ4v) is 3.35. The number of nitrogens with zero attached hydrogens (tertiary/aromatic N) is 4. The van der Waals surface area contributed by atoms with Crippen LogP contribution in [0.2, 0.25) is 0 Å². The van der Waals surface area contributed by atoms with Crippen LogP contribution in [0.25, 0.3) is 11.2 Å². The number of hydrogen-bond acceptors (Lipinski definition) is 2. The summed E-state index contributed by atoms with van der Waals surface area (Å²) in [6.07, 6.45) is 6.44. The van der Waals surface area contributed by atoms with E-state index in [9.17, 15) is 0 Å². The van der Waals surface area contributed by atoms with Crippen LogP contribution in [0, 0.1) is 6.92 Å². The van der Waals surface area contributed by atoms with Crippen LogP contribution in [0.4, 0.5) is 0 Å². The van der Waals surface area contributed by atoms with Gasteiger partial charge in [-0.05, 0) is 19.8 Å². The van der Waals surface area contributed by atoms with Crippen molar-refractivity contribution < 1.29 is 0 Å². The summed E-state index contributed by atoms with van der Waals surface area (Å²) in [4.78, 5) is 4.67. The molecule has 0 bridgehead atoms. The second-order valence-corrected chi connectivity index (χ2v) is 5.47. The van der Waals surface area contributed by atoms with Gasteiger partial charge in [-0.3, -0.25) is 4.68 Å². The highest BCUT2D eigenvalue weighted by molar-refractivity contribution is 6.16. The lowest BCUT2D eigenvalue weighted by molar-refractivity contribution is 0.351. The third-order valence-corrected chi connectivity index (χ3v) is 4.21. The standard InChI is InChI=1S/C13H19ClN4/c1-9-12-13(17(2)16-9)18(11(8-14)15-12)10-6-4-3-5-7-10/h10H,3-8H2,1-2H3. The molecule has 3 rings (SSSR count). The van der Waals surface area contributed by atoms with Gasteiger partial charge in [-0.1, -0.05) is 19.3 Å². The van der Waals surface area contributed by atoms with Crippen LogP contribution in [-0.4, -0.2) is 19.3 Å². The summed E-state index contributed by atoms with van der Waals surface area (Å²) in [5, 5.41) is 4.47. The van der Waals surface area contributed by atoms with Crippen molar-refractivity contribution >= 4 is 22.8 Å². The molecule has 1 aliphatic rings. The first kappa shape index (κ1) is 12.0. The van der Waals surface area contributed by atoms with E-state index in [1.807, 2.05) is 18.7 Å². The Morgan fingerprint density at radius 3 is 2.67 bits per heavy atom. The van der Waals surface area contributed by atoms with E-state index in [-0.39, 0.29) is 0 Å². The minimum absolute atomic E-state index is 0.477. The van der Waals surface area contributed by atoms with Gasteiger partial charge in [0.2, 0.25) is 0 Å². The molecule has 5 heteroatoms. The average molecular weight is 267 g/mol. The zero-order valence-corrected chi connectivity index (χ0v) is 11.7. The normalized spacial score (nSPS) is 17.7. The molecule has 0 aromatic carbocycles. The first-order valence-corrected chi connectivity index (χ1v) is 7.22. The SMILES string of the molecule is Cc1nn(C)c2c1nc(CCl)n2C1CCCCC1. The lowest BCUT2D eigenvalue weighted by Crippen LogP contribution is -2.16. The predicted octanol–water partition coefficient (Wildman–Crippen LogP) is 3.32. The highest BCUT2D eigenvalue weighted by Gasteiger charge is 2.24. The van der Waals surface area contributed by atoms with Gasteiger partial charge in [0.05, 0.1) is 11.6 Å². The van der Waals surface area contributed by atoms with Crippen molar-refractivity contribution in [3.63, 3.8) is 0 Å². The van der Waals surface area contributed by atoms with Crippen LogP contribution in [0.5, 0.6) is 0 Å². The molecule has 18 heavy (non-hydrogen) atoms. The van der Waals surface area contributed by atoms with Gasteiger partial charge >= 0.3 is 0 Å². The summed E-state index contributed by atoms with van der Waals surface area (Å²) in [5.41, 5.74) is 3.14. The van der Waals surface area contributed by atoms with Crippen molar-refractivity contribution in [2.45, 2.75) is 50.9 Å². The number of alkyl halides is 1. The third kappa shape index (κ3) is 1.74. The third-order valence-electron chi connectivity index (χ3n) is 3.97. The van der Waals surface area contributed by atoms with Crippen LogP contribution < -0.4 is 0 Å². The van der Waals surface area contributed by atoms with Gasteiger partial charge in [0.25, 0.3) is 0 Å². The Kier molecular flexibility index (Phi) is 3.06. The Balaban J connectivity index is 2.17. The van der Waals surface area contributed by atoms with Crippen LogP contribution in [0.3, 0.4) is 0 Å². The molecule has 0 saturated heterocycles. The summed E-state index contributed by atoms with van der Waals surface area (Å²) in [7, 11) is 1.99. The largest absolute Gasteiger partial charge is 0.309 e. The van der Waals surface area contributed by atoms with Gasteiger partial charge in [-0.25, -0.2) is 4.98 Å². The van der Waals surface area contributed by atoms with Gasteiger partial charge in [-0.2, -0.15) is 5.10 Å². The summed E-state index contributed by atoms with van der Waals surface area (Å²) in [6.45, 7) is 2.01. The van der Waals surface area contributed by atoms with Gasteiger partial charge in [0.1, 0.15) is 11.3 Å². The highest BCUT2D eigenvalue weighted by Crippen LogP contribution is 2.33. The molecule has 2 aromatic rings. The zero-order valence-electron chi connectivity index (χ0n) is 11.0. The van der Waals surface area contributed by atoms with Crippen molar-refractivity contribution in [3.05, 3.63) is 11.5 Å². The van der Waals surface area contributed by atoms with Gasteiger partial charge in [-0.15, -0.1) is 11.6 Å². The molecule has 0 N–H and O–H groups in total. The van der Waals surface area contributed by atoms with Crippen LogP contribution in [0.15, 0.2) is 0 Å². The second kappa shape index (κ2) is 4.57. The molecule has 1 saturated carbocycles. The van der Waals surface area contributed by atoms with E-state index < -0.39 is 0 Å². The van der Waals surface area contributed by atoms with Crippen LogP contribution >= 0.6 is 11.6 Å². The lowest BCUT2D eigenvalue weighted by Gasteiger charge is -2.25. The van der Waals surface area contributed by atoms with Crippen molar-refractivity contribution in [2.24, 2.45) is 7.05 Å². The van der Waals surface area contributed by atoms with Crippen molar-refractivity contribution in [2.75, 3.05) is 0 Å². The molecule has 4 nitrogen and oxygen atoms in total. The predicted molar refractivity (Wildman–Crippen MR) is 72.9 cm³/mol. The maximum atomic E-state index is 6.07. The Bertz CT molecular complexity index is 563. The number of rotatable bonds is 2. The fourth-order valence-electron chi connectivity index (χ4n) is 3.16. The second-order valence-electron chi connectivity index (χ2n) is 5.20. The van der Waals surface area contributed by atoms with Crippen molar-refractivity contribution in [1.29, 1.82) is 0 Å². The maximum absolute atomic E-state index is 6.07. The van der Waals surface area contributed by atoms with Crippen molar-refractivity contribution in [1.82, 2.24) is 19.3 Å². The van der Waals surface area contributed by atoms with Crippen LogP contribution in [0.1, 0.15) is 49.7 Å². The molecular weight excluding hydrogens is 248 g/mol. The lowest BCUT2D eigenvalue weighted by atomic mass is 9.95. The molecule has 0 atom stereocenters. The molecule has 98 valence electrons. The molecule has 0 amide bonds. The number of aromatic nitrogens is 4. The van der Waals surface area contributed by atoms with Gasteiger partial charge < -0.3 is 4.57 Å². The monoisotopic (exact) mass is 266 g/mol. The average Bonchev–Trinajstić information content (AvgIpc) is 2.90. The molecule has 2 aromatic heterocycles. The Morgan fingerprint density at radius 1 is 1.28 bits per heavy atom. The molecule has 0 radical (unpaired) electrons. The molecule has 0 unspecified atom stereocenters. The number of fused-ring (bicyclic) bond motifs is 1. The van der Waals surface area contributed by atoms with Crippen LogP contribution in [-0.2, 0) is 12.9 Å². The van der Waals surface area contributed by atoms with E-state index in [0.717, 1.165) is 22.7 Å². The number of hydrogen-bond donors (Lipinski definition) is 0. The van der Waals surface area contributed by atoms with Gasteiger partial charge in [0.15, 0.2) is 5.65 Å². The smallest absolute Gasteiger partial charge is 0.158 e. The number of halogens is 1. The molecule has 0 spiro atoms. The minimum Gasteiger partial charge on any atom is -0.309 e. The molecule has 2 heterocycles. The summed E-state index contributed by atoms with van der Waals surface area (Å²) in [5.74, 6) is 1.47. The Hall–Kier alpha value is -1.03. The van der Waals surface area contributed by atoms with Gasteiger partial charge in [0, 0.05) is 13.1 Å². The minimum atomic E-state index is 0.477. The van der Waals surface area contributed by atoms with E-state index in [1.165, 1.54) is 32.1 Å². The first-order chi connectivity index (χ1) is 8.72. The van der Waals surface area contributed by atoms with E-state index in [4.69, 9.17) is 11.6 Å². The summed E-state index contributed by atoms with van der Waals surface area (Å²) >= 11 is 6.07. The highest BCUT2D eigenvalue weighted by atomic mass is 35.5. The Labute approximate surface area is 112 Å². The number of imidazole rings is 1. The quantitative estimate of drug-likeness (QED) is 0.782. The van der Waals surface area contributed by atoms with E-state index in [2.05, 4.69) is 14.6 Å². The van der Waals surface area contributed by atoms with E-state index in [0.29, 0.717) is 11.9 Å². The maximum Gasteiger partial charge on any atom is 0.158 e. The molecule has 0 aliphatic heterocycles. The molecule has 1 fully saturated rings.